The lowest BCUT2D eigenvalue weighted by Crippen LogP contribution is -2.10. The summed E-state index contributed by atoms with van der Waals surface area (Å²) in [4.78, 5) is 17.9. The number of aromatic nitrogens is 2. The molecule has 5 nitrogen and oxygen atoms in total. The van der Waals surface area contributed by atoms with Gasteiger partial charge in [0.2, 0.25) is 5.95 Å². The third-order valence-corrected chi connectivity index (χ3v) is 2.85. The molecule has 0 aliphatic carbocycles. The van der Waals surface area contributed by atoms with Crippen molar-refractivity contribution >= 4 is 5.95 Å². The van der Waals surface area contributed by atoms with E-state index in [0.717, 1.165) is 11.1 Å². The minimum absolute atomic E-state index is 0.0521. The Labute approximate surface area is 111 Å². The lowest BCUT2D eigenvalue weighted by molar-refractivity contribution is 0.0764. The molecular weight excluding hydrogens is 242 g/mol. The van der Waals surface area contributed by atoms with Gasteiger partial charge in [0, 0.05) is 18.2 Å². The summed E-state index contributed by atoms with van der Waals surface area (Å²) in [6, 6.07) is 9.18. The first-order chi connectivity index (χ1) is 9.10. The summed E-state index contributed by atoms with van der Waals surface area (Å²) < 4.78 is 5.52. The van der Waals surface area contributed by atoms with Gasteiger partial charge in [-0.3, -0.25) is 9.78 Å². The maximum absolute atomic E-state index is 11.3. The third kappa shape index (κ3) is 3.20. The lowest BCUT2D eigenvalue weighted by atomic mass is 10.1. The van der Waals surface area contributed by atoms with Crippen LogP contribution in [0.1, 0.15) is 25.5 Å². The van der Waals surface area contributed by atoms with Crippen molar-refractivity contribution in [3.05, 3.63) is 46.2 Å². The Morgan fingerprint density at radius 1 is 1.37 bits per heavy atom. The molecule has 0 saturated heterocycles. The van der Waals surface area contributed by atoms with Crippen molar-refractivity contribution in [2.24, 2.45) is 0 Å². The molecule has 2 aromatic rings. The van der Waals surface area contributed by atoms with E-state index in [1.54, 1.807) is 0 Å². The monoisotopic (exact) mass is 259 g/mol. The van der Waals surface area contributed by atoms with E-state index in [-0.39, 0.29) is 17.6 Å². The van der Waals surface area contributed by atoms with Crippen molar-refractivity contribution in [1.82, 2.24) is 9.97 Å². The topological polar surface area (TPSA) is 81.0 Å². The number of aromatic amines is 1. The number of nitrogen functional groups attached to an aromatic ring is 1. The molecule has 100 valence electrons. The Bertz CT molecular complexity index is 605. The standard InChI is InChI=1S/C14H17N3O2/c1-3-19-9(2)10-4-6-11(7-5-10)12-8-13(18)17-14(15)16-12/h4-9H,3H2,1-2H3,(H3,15,16,17,18)/t9-/m1/s1. The Hall–Kier alpha value is -2.14. The molecule has 1 aromatic heterocycles. The highest BCUT2D eigenvalue weighted by atomic mass is 16.5. The summed E-state index contributed by atoms with van der Waals surface area (Å²) in [6.45, 7) is 4.64. The van der Waals surface area contributed by atoms with E-state index in [9.17, 15) is 4.79 Å². The number of nitrogens with zero attached hydrogens (tertiary/aromatic N) is 1. The highest BCUT2D eigenvalue weighted by molar-refractivity contribution is 5.60. The Morgan fingerprint density at radius 2 is 2.05 bits per heavy atom. The minimum atomic E-state index is -0.255. The first-order valence-electron chi connectivity index (χ1n) is 6.19. The van der Waals surface area contributed by atoms with Gasteiger partial charge in [-0.25, -0.2) is 4.98 Å². The van der Waals surface area contributed by atoms with Gasteiger partial charge < -0.3 is 10.5 Å². The van der Waals surface area contributed by atoms with Gasteiger partial charge >= 0.3 is 0 Å². The van der Waals surface area contributed by atoms with Crippen molar-refractivity contribution in [3.63, 3.8) is 0 Å². The molecule has 0 fully saturated rings. The van der Waals surface area contributed by atoms with Crippen molar-refractivity contribution in [2.45, 2.75) is 20.0 Å². The Balaban J connectivity index is 2.29. The van der Waals surface area contributed by atoms with Crippen LogP contribution in [0.25, 0.3) is 11.3 Å². The second-order valence-corrected chi connectivity index (χ2v) is 4.24. The fourth-order valence-corrected chi connectivity index (χ4v) is 1.90. The largest absolute Gasteiger partial charge is 0.374 e. The van der Waals surface area contributed by atoms with Gasteiger partial charge in [-0.1, -0.05) is 24.3 Å². The minimum Gasteiger partial charge on any atom is -0.374 e. The highest BCUT2D eigenvalue weighted by Gasteiger charge is 2.06. The van der Waals surface area contributed by atoms with E-state index in [2.05, 4.69) is 9.97 Å². The van der Waals surface area contributed by atoms with Crippen LogP contribution < -0.4 is 11.3 Å². The molecule has 0 radical (unpaired) electrons. The van der Waals surface area contributed by atoms with Crippen LogP contribution in [-0.4, -0.2) is 16.6 Å². The van der Waals surface area contributed by atoms with Crippen LogP contribution >= 0.6 is 0 Å². The highest BCUT2D eigenvalue weighted by Crippen LogP contribution is 2.21. The summed E-state index contributed by atoms with van der Waals surface area (Å²) in [5.41, 5.74) is 7.78. The van der Waals surface area contributed by atoms with Gasteiger partial charge in [0.25, 0.3) is 5.56 Å². The summed E-state index contributed by atoms with van der Waals surface area (Å²) in [5.74, 6) is 0.120. The van der Waals surface area contributed by atoms with E-state index in [4.69, 9.17) is 10.5 Å². The molecule has 0 saturated carbocycles. The number of rotatable bonds is 4. The van der Waals surface area contributed by atoms with E-state index < -0.39 is 0 Å². The Morgan fingerprint density at radius 3 is 2.63 bits per heavy atom. The predicted molar refractivity (Wildman–Crippen MR) is 74.7 cm³/mol. The van der Waals surface area contributed by atoms with Crippen LogP contribution in [0.3, 0.4) is 0 Å². The quantitative estimate of drug-likeness (QED) is 0.881. The van der Waals surface area contributed by atoms with Crippen LogP contribution in [0.5, 0.6) is 0 Å². The SMILES string of the molecule is CCO[C@H](C)c1ccc(-c2cc(=O)[nH]c(N)n2)cc1. The normalized spacial score (nSPS) is 12.3. The number of ether oxygens (including phenoxy) is 1. The second-order valence-electron chi connectivity index (χ2n) is 4.24. The zero-order valence-electron chi connectivity index (χ0n) is 11.0. The molecule has 1 aromatic carbocycles. The molecule has 0 spiro atoms. The summed E-state index contributed by atoms with van der Waals surface area (Å²) in [5, 5.41) is 0. The van der Waals surface area contributed by atoms with E-state index >= 15 is 0 Å². The maximum Gasteiger partial charge on any atom is 0.252 e. The molecule has 19 heavy (non-hydrogen) atoms. The first kappa shape index (κ1) is 13.3. The molecule has 0 aliphatic rings. The number of hydrogen-bond donors (Lipinski definition) is 2. The molecule has 0 bridgehead atoms. The van der Waals surface area contributed by atoms with E-state index in [0.29, 0.717) is 12.3 Å². The fraction of sp³-hybridized carbons (Fsp3) is 0.286. The number of nitrogens with two attached hydrogens (primary N) is 1. The Kier molecular flexibility index (Phi) is 3.97. The van der Waals surface area contributed by atoms with Gasteiger partial charge in [-0.05, 0) is 19.4 Å². The van der Waals surface area contributed by atoms with Crippen LogP contribution in [0.15, 0.2) is 35.1 Å². The zero-order chi connectivity index (χ0) is 13.8. The molecule has 3 N–H and O–H groups in total. The second kappa shape index (κ2) is 5.67. The predicted octanol–water partition coefficient (Wildman–Crippen LogP) is 2.12. The number of anilines is 1. The number of benzene rings is 1. The summed E-state index contributed by atoms with van der Waals surface area (Å²) >= 11 is 0. The molecule has 0 amide bonds. The summed E-state index contributed by atoms with van der Waals surface area (Å²) in [6.07, 6.45) is 0.0521. The smallest absolute Gasteiger partial charge is 0.252 e. The molecule has 2 rings (SSSR count). The van der Waals surface area contributed by atoms with Crippen molar-refractivity contribution in [2.75, 3.05) is 12.3 Å². The fourth-order valence-electron chi connectivity index (χ4n) is 1.90. The first-order valence-corrected chi connectivity index (χ1v) is 6.19. The number of hydrogen-bond acceptors (Lipinski definition) is 4. The average molecular weight is 259 g/mol. The van der Waals surface area contributed by atoms with Crippen molar-refractivity contribution in [1.29, 1.82) is 0 Å². The third-order valence-electron chi connectivity index (χ3n) is 2.85. The number of H-pyrrole nitrogens is 1. The molecule has 1 heterocycles. The van der Waals surface area contributed by atoms with Crippen LogP contribution in [0, 0.1) is 0 Å². The zero-order valence-corrected chi connectivity index (χ0v) is 11.0. The molecule has 5 heteroatoms. The summed E-state index contributed by atoms with van der Waals surface area (Å²) in [7, 11) is 0. The van der Waals surface area contributed by atoms with Gasteiger partial charge in [-0.15, -0.1) is 0 Å². The van der Waals surface area contributed by atoms with Gasteiger partial charge in [0.1, 0.15) is 0 Å². The molecule has 0 aliphatic heterocycles. The maximum atomic E-state index is 11.3. The van der Waals surface area contributed by atoms with Crippen LogP contribution in [0.2, 0.25) is 0 Å². The lowest BCUT2D eigenvalue weighted by Gasteiger charge is -2.12. The average Bonchev–Trinajstić information content (AvgIpc) is 2.38. The van der Waals surface area contributed by atoms with E-state index in [1.165, 1.54) is 6.07 Å². The van der Waals surface area contributed by atoms with E-state index in [1.807, 2.05) is 38.1 Å². The molecule has 0 unspecified atom stereocenters. The van der Waals surface area contributed by atoms with Gasteiger partial charge in [0.05, 0.1) is 11.8 Å². The van der Waals surface area contributed by atoms with Crippen molar-refractivity contribution in [3.8, 4) is 11.3 Å². The van der Waals surface area contributed by atoms with Crippen LogP contribution in [0.4, 0.5) is 5.95 Å². The van der Waals surface area contributed by atoms with Gasteiger partial charge in [-0.2, -0.15) is 0 Å². The van der Waals surface area contributed by atoms with Gasteiger partial charge in [0.15, 0.2) is 0 Å². The molecular formula is C14H17N3O2. The number of nitrogens with one attached hydrogen (secondary N) is 1. The van der Waals surface area contributed by atoms with Crippen molar-refractivity contribution < 1.29 is 4.74 Å². The van der Waals surface area contributed by atoms with Crippen LogP contribution in [-0.2, 0) is 4.74 Å². The molecule has 1 atom stereocenters.